The van der Waals surface area contributed by atoms with Crippen LogP contribution in [-0.2, 0) is 9.59 Å². The lowest BCUT2D eigenvalue weighted by molar-refractivity contribution is -0.149. The largest absolute Gasteiger partial charge is 0.481 e. The molecule has 0 aromatic rings. The Hall–Kier alpha value is -1.06. The zero-order valence-electron chi connectivity index (χ0n) is 10.9. The van der Waals surface area contributed by atoms with Gasteiger partial charge in [-0.25, -0.2) is 0 Å². The predicted molar refractivity (Wildman–Crippen MR) is 63.1 cm³/mol. The minimum Gasteiger partial charge on any atom is -0.481 e. The minimum atomic E-state index is -0.916. The Morgan fingerprint density at radius 1 is 1.12 bits per heavy atom. The molecule has 1 N–H and O–H groups in total. The summed E-state index contributed by atoms with van der Waals surface area (Å²) in [7, 11) is 0. The van der Waals surface area contributed by atoms with Crippen molar-refractivity contribution in [2.45, 2.75) is 47.1 Å². The van der Waals surface area contributed by atoms with E-state index in [1.54, 1.807) is 18.7 Å². The fourth-order valence-corrected chi connectivity index (χ4v) is 1.55. The molecule has 4 heteroatoms. The van der Waals surface area contributed by atoms with Crippen molar-refractivity contribution in [2.24, 2.45) is 11.8 Å². The third-order valence-electron chi connectivity index (χ3n) is 2.90. The van der Waals surface area contributed by atoms with Crippen LogP contribution < -0.4 is 0 Å². The smallest absolute Gasteiger partial charge is 0.307 e. The lowest BCUT2D eigenvalue weighted by Gasteiger charge is -2.30. The van der Waals surface area contributed by atoms with Gasteiger partial charge in [0, 0.05) is 18.5 Å². The number of rotatable bonds is 6. The van der Waals surface area contributed by atoms with Crippen LogP contribution in [0.1, 0.15) is 41.0 Å². The summed E-state index contributed by atoms with van der Waals surface area (Å²) in [4.78, 5) is 24.7. The molecule has 0 rings (SSSR count). The molecule has 0 aliphatic rings. The Morgan fingerprint density at radius 3 is 1.94 bits per heavy atom. The van der Waals surface area contributed by atoms with Crippen LogP contribution in [0.5, 0.6) is 0 Å². The number of carboxylic acids is 1. The molecule has 0 saturated carbocycles. The third-order valence-corrected chi connectivity index (χ3v) is 2.90. The summed E-state index contributed by atoms with van der Waals surface area (Å²) in [6.45, 7) is 9.86. The summed E-state index contributed by atoms with van der Waals surface area (Å²) < 4.78 is 0. The fraction of sp³-hybridized carbons (Fsp3) is 0.833. The monoisotopic (exact) mass is 229 g/mol. The summed E-state index contributed by atoms with van der Waals surface area (Å²) in [6.07, 6.45) is 0.887. The number of carboxylic acid groups (broad SMARTS) is 1. The number of amides is 1. The van der Waals surface area contributed by atoms with Crippen LogP contribution in [0.15, 0.2) is 0 Å². The highest BCUT2D eigenvalue weighted by Crippen LogP contribution is 2.16. The zero-order valence-corrected chi connectivity index (χ0v) is 10.9. The molecule has 0 heterocycles. The van der Waals surface area contributed by atoms with Crippen molar-refractivity contribution in [3.63, 3.8) is 0 Å². The van der Waals surface area contributed by atoms with E-state index in [9.17, 15) is 9.59 Å². The maximum Gasteiger partial charge on any atom is 0.307 e. The van der Waals surface area contributed by atoms with E-state index >= 15 is 0 Å². The van der Waals surface area contributed by atoms with Crippen molar-refractivity contribution in [1.82, 2.24) is 4.90 Å². The second-order valence-electron chi connectivity index (χ2n) is 4.54. The molecule has 0 fully saturated rings. The number of carbonyl (C=O) groups is 2. The van der Waals surface area contributed by atoms with Crippen molar-refractivity contribution in [2.75, 3.05) is 6.54 Å². The summed E-state index contributed by atoms with van der Waals surface area (Å²) in [5, 5.41) is 8.88. The molecule has 0 spiro atoms. The zero-order chi connectivity index (χ0) is 12.9. The van der Waals surface area contributed by atoms with E-state index in [-0.39, 0.29) is 11.9 Å². The summed E-state index contributed by atoms with van der Waals surface area (Å²) in [5.41, 5.74) is 0. The van der Waals surface area contributed by atoms with Crippen LogP contribution in [-0.4, -0.2) is 34.5 Å². The molecule has 0 aromatic carbocycles. The SMILES string of the molecule is CCCN(C(=O)C(C)C(C)C(=O)O)C(C)C. The highest BCUT2D eigenvalue weighted by Gasteiger charge is 2.29. The normalized spacial score (nSPS) is 14.6. The maximum absolute atomic E-state index is 12.1. The first kappa shape index (κ1) is 14.9. The van der Waals surface area contributed by atoms with Crippen molar-refractivity contribution in [1.29, 1.82) is 0 Å². The number of aliphatic carboxylic acids is 1. The lowest BCUT2D eigenvalue weighted by atomic mass is 9.94. The van der Waals surface area contributed by atoms with E-state index in [2.05, 4.69) is 0 Å². The standard InChI is InChI=1S/C12H23NO3/c1-6-7-13(8(2)3)11(14)9(4)10(5)12(15)16/h8-10H,6-7H2,1-5H3,(H,15,16). The highest BCUT2D eigenvalue weighted by molar-refractivity contribution is 5.84. The Balaban J connectivity index is 4.66. The predicted octanol–water partition coefficient (Wildman–Crippen LogP) is 1.99. The van der Waals surface area contributed by atoms with Gasteiger partial charge in [-0.2, -0.15) is 0 Å². The van der Waals surface area contributed by atoms with Gasteiger partial charge < -0.3 is 10.0 Å². The first-order valence-corrected chi connectivity index (χ1v) is 5.86. The molecule has 0 aliphatic heterocycles. The Morgan fingerprint density at radius 2 is 1.62 bits per heavy atom. The van der Waals surface area contributed by atoms with E-state index in [1.165, 1.54) is 0 Å². The fourth-order valence-electron chi connectivity index (χ4n) is 1.55. The van der Waals surface area contributed by atoms with Crippen LogP contribution in [0.2, 0.25) is 0 Å². The molecular formula is C12H23NO3. The second kappa shape index (κ2) is 6.51. The average molecular weight is 229 g/mol. The summed E-state index contributed by atoms with van der Waals surface area (Å²) >= 11 is 0. The van der Waals surface area contributed by atoms with Gasteiger partial charge in [-0.05, 0) is 20.3 Å². The van der Waals surface area contributed by atoms with Gasteiger partial charge in [-0.3, -0.25) is 9.59 Å². The van der Waals surface area contributed by atoms with Crippen molar-refractivity contribution >= 4 is 11.9 Å². The van der Waals surface area contributed by atoms with Gasteiger partial charge in [0.25, 0.3) is 0 Å². The molecule has 4 nitrogen and oxygen atoms in total. The summed E-state index contributed by atoms with van der Waals surface area (Å²) in [5.74, 6) is -2.08. The van der Waals surface area contributed by atoms with Crippen molar-refractivity contribution in [3.8, 4) is 0 Å². The van der Waals surface area contributed by atoms with Crippen molar-refractivity contribution < 1.29 is 14.7 Å². The van der Waals surface area contributed by atoms with Gasteiger partial charge in [0.1, 0.15) is 0 Å². The van der Waals surface area contributed by atoms with Crippen LogP contribution in [0, 0.1) is 11.8 Å². The first-order chi connectivity index (χ1) is 7.32. The van der Waals surface area contributed by atoms with Gasteiger partial charge in [0.2, 0.25) is 5.91 Å². The van der Waals surface area contributed by atoms with Gasteiger partial charge in [-0.1, -0.05) is 20.8 Å². The first-order valence-electron chi connectivity index (χ1n) is 5.86. The maximum atomic E-state index is 12.1. The van der Waals surface area contributed by atoms with E-state index < -0.39 is 17.8 Å². The second-order valence-corrected chi connectivity index (χ2v) is 4.54. The molecular weight excluding hydrogens is 206 g/mol. The van der Waals surface area contributed by atoms with Gasteiger partial charge in [0.15, 0.2) is 0 Å². The molecule has 0 radical (unpaired) electrons. The number of carbonyl (C=O) groups excluding carboxylic acids is 1. The number of nitrogens with zero attached hydrogens (tertiary/aromatic N) is 1. The molecule has 94 valence electrons. The van der Waals surface area contributed by atoms with Crippen LogP contribution >= 0.6 is 0 Å². The number of hydrogen-bond acceptors (Lipinski definition) is 2. The molecule has 0 aromatic heterocycles. The van der Waals surface area contributed by atoms with Crippen LogP contribution in [0.3, 0.4) is 0 Å². The lowest BCUT2D eigenvalue weighted by Crippen LogP contribution is -2.43. The highest BCUT2D eigenvalue weighted by atomic mass is 16.4. The third kappa shape index (κ3) is 3.83. The molecule has 16 heavy (non-hydrogen) atoms. The number of hydrogen-bond donors (Lipinski definition) is 1. The molecule has 2 unspecified atom stereocenters. The molecule has 0 aliphatic carbocycles. The van der Waals surface area contributed by atoms with E-state index in [0.29, 0.717) is 6.54 Å². The molecule has 2 atom stereocenters. The Labute approximate surface area is 97.6 Å². The van der Waals surface area contributed by atoms with Crippen molar-refractivity contribution in [3.05, 3.63) is 0 Å². The van der Waals surface area contributed by atoms with E-state index in [1.807, 2.05) is 20.8 Å². The Bertz CT molecular complexity index is 251. The van der Waals surface area contributed by atoms with Crippen LogP contribution in [0.25, 0.3) is 0 Å². The van der Waals surface area contributed by atoms with Crippen LogP contribution in [0.4, 0.5) is 0 Å². The van der Waals surface area contributed by atoms with Gasteiger partial charge in [-0.15, -0.1) is 0 Å². The van der Waals surface area contributed by atoms with E-state index in [0.717, 1.165) is 6.42 Å². The van der Waals surface area contributed by atoms with E-state index in [4.69, 9.17) is 5.11 Å². The van der Waals surface area contributed by atoms with Gasteiger partial charge in [0.05, 0.1) is 5.92 Å². The topological polar surface area (TPSA) is 57.6 Å². The Kier molecular flexibility index (Phi) is 6.08. The summed E-state index contributed by atoms with van der Waals surface area (Å²) in [6, 6.07) is 0.121. The minimum absolute atomic E-state index is 0.0632. The molecule has 1 amide bonds. The molecule has 0 bridgehead atoms. The average Bonchev–Trinajstić information content (AvgIpc) is 2.22. The van der Waals surface area contributed by atoms with Gasteiger partial charge >= 0.3 is 5.97 Å². The molecule has 0 saturated heterocycles. The quantitative estimate of drug-likeness (QED) is 0.757.